The molecule has 2 rings (SSSR count). The van der Waals surface area contributed by atoms with Crippen LogP contribution in [0, 0.1) is 0 Å². The summed E-state index contributed by atoms with van der Waals surface area (Å²) in [6.45, 7) is 5.73. The van der Waals surface area contributed by atoms with Crippen LogP contribution in [0.3, 0.4) is 0 Å². The van der Waals surface area contributed by atoms with E-state index in [1.54, 1.807) is 12.1 Å². The third-order valence-electron chi connectivity index (χ3n) is 3.11. The highest BCUT2D eigenvalue weighted by molar-refractivity contribution is 7.92. The number of hydrogen-bond donors (Lipinski definition) is 1. The second-order valence-corrected chi connectivity index (χ2v) is 6.81. The quantitative estimate of drug-likeness (QED) is 0.917. The lowest BCUT2D eigenvalue weighted by molar-refractivity contribution is 0.0344. The predicted octanol–water partition coefficient (Wildman–Crippen LogP) is 1.67. The number of anilines is 2. The number of rotatable bonds is 3. The standard InChI is InChI=1S/C13H20N2O3S/c1-10-9-18-11(2)8-15(10)13-6-4-12(5-7-13)14-19(3,16)17/h4-7,10-11,14H,8-9H2,1-3H3. The van der Waals surface area contributed by atoms with Crippen molar-refractivity contribution in [2.75, 3.05) is 29.0 Å². The van der Waals surface area contributed by atoms with Gasteiger partial charge in [0, 0.05) is 24.0 Å². The van der Waals surface area contributed by atoms with Crippen LogP contribution in [0.25, 0.3) is 0 Å². The molecular weight excluding hydrogens is 264 g/mol. The van der Waals surface area contributed by atoms with Crippen molar-refractivity contribution in [2.24, 2.45) is 0 Å². The normalized spacial score (nSPS) is 24.3. The predicted molar refractivity (Wildman–Crippen MR) is 77.1 cm³/mol. The molecule has 2 unspecified atom stereocenters. The molecular formula is C13H20N2O3S. The van der Waals surface area contributed by atoms with E-state index in [0.29, 0.717) is 18.3 Å². The van der Waals surface area contributed by atoms with Crippen molar-refractivity contribution in [3.05, 3.63) is 24.3 Å². The van der Waals surface area contributed by atoms with Gasteiger partial charge in [-0.2, -0.15) is 0 Å². The van der Waals surface area contributed by atoms with E-state index in [-0.39, 0.29) is 6.10 Å². The van der Waals surface area contributed by atoms with Crippen molar-refractivity contribution in [2.45, 2.75) is 26.0 Å². The van der Waals surface area contributed by atoms with Crippen LogP contribution in [0.1, 0.15) is 13.8 Å². The lowest BCUT2D eigenvalue weighted by atomic mass is 10.1. The Morgan fingerprint density at radius 1 is 1.26 bits per heavy atom. The van der Waals surface area contributed by atoms with Crippen molar-refractivity contribution < 1.29 is 13.2 Å². The van der Waals surface area contributed by atoms with Gasteiger partial charge >= 0.3 is 0 Å². The fourth-order valence-corrected chi connectivity index (χ4v) is 2.76. The van der Waals surface area contributed by atoms with Crippen molar-refractivity contribution in [3.8, 4) is 0 Å². The summed E-state index contributed by atoms with van der Waals surface area (Å²) in [6, 6.07) is 7.75. The second-order valence-electron chi connectivity index (χ2n) is 5.07. The zero-order valence-electron chi connectivity index (χ0n) is 11.5. The Bertz CT molecular complexity index is 527. The second kappa shape index (κ2) is 5.38. The molecule has 0 spiro atoms. The highest BCUT2D eigenvalue weighted by Gasteiger charge is 2.23. The van der Waals surface area contributed by atoms with E-state index in [4.69, 9.17) is 4.74 Å². The van der Waals surface area contributed by atoms with Gasteiger partial charge in [-0.3, -0.25) is 4.72 Å². The molecule has 2 atom stereocenters. The third kappa shape index (κ3) is 3.84. The van der Waals surface area contributed by atoms with Gasteiger partial charge in [-0.05, 0) is 38.1 Å². The molecule has 1 aromatic carbocycles. The number of hydrogen-bond acceptors (Lipinski definition) is 4. The molecule has 0 aliphatic carbocycles. The summed E-state index contributed by atoms with van der Waals surface area (Å²) in [6.07, 6.45) is 1.36. The molecule has 0 radical (unpaired) electrons. The average molecular weight is 284 g/mol. The fourth-order valence-electron chi connectivity index (χ4n) is 2.20. The molecule has 1 N–H and O–H groups in total. The van der Waals surface area contributed by atoms with Crippen LogP contribution in [0.15, 0.2) is 24.3 Å². The summed E-state index contributed by atoms with van der Waals surface area (Å²) in [5, 5.41) is 0. The molecule has 0 saturated carbocycles. The Kier molecular flexibility index (Phi) is 4.01. The lowest BCUT2D eigenvalue weighted by Crippen LogP contribution is -2.47. The number of morpholine rings is 1. The SMILES string of the molecule is CC1CN(c2ccc(NS(C)(=O)=O)cc2)C(C)CO1. The van der Waals surface area contributed by atoms with Crippen LogP contribution in [-0.2, 0) is 14.8 Å². The van der Waals surface area contributed by atoms with Crippen LogP contribution < -0.4 is 9.62 Å². The number of sulfonamides is 1. The molecule has 6 heteroatoms. The van der Waals surface area contributed by atoms with Crippen molar-refractivity contribution in [3.63, 3.8) is 0 Å². The molecule has 1 saturated heterocycles. The minimum Gasteiger partial charge on any atom is -0.375 e. The zero-order chi connectivity index (χ0) is 14.0. The molecule has 1 aliphatic rings. The zero-order valence-corrected chi connectivity index (χ0v) is 12.3. The van der Waals surface area contributed by atoms with E-state index >= 15 is 0 Å². The van der Waals surface area contributed by atoms with E-state index in [9.17, 15) is 8.42 Å². The summed E-state index contributed by atoms with van der Waals surface area (Å²) in [5.41, 5.74) is 1.67. The van der Waals surface area contributed by atoms with Gasteiger partial charge < -0.3 is 9.64 Å². The molecule has 1 aromatic rings. The molecule has 1 heterocycles. The van der Waals surface area contributed by atoms with Gasteiger partial charge in [0.25, 0.3) is 0 Å². The summed E-state index contributed by atoms with van der Waals surface area (Å²) >= 11 is 0. The van der Waals surface area contributed by atoms with Crippen LogP contribution in [-0.4, -0.2) is 40.0 Å². The first-order valence-electron chi connectivity index (χ1n) is 6.31. The molecule has 5 nitrogen and oxygen atoms in total. The molecule has 1 fully saturated rings. The summed E-state index contributed by atoms with van der Waals surface area (Å²) < 4.78 is 30.3. The number of nitrogens with one attached hydrogen (secondary N) is 1. The lowest BCUT2D eigenvalue weighted by Gasteiger charge is -2.38. The van der Waals surface area contributed by atoms with Crippen molar-refractivity contribution in [1.82, 2.24) is 0 Å². The fraction of sp³-hybridized carbons (Fsp3) is 0.538. The van der Waals surface area contributed by atoms with Gasteiger partial charge in [0.1, 0.15) is 0 Å². The highest BCUT2D eigenvalue weighted by Crippen LogP contribution is 2.23. The molecule has 106 valence electrons. The number of ether oxygens (including phenoxy) is 1. The van der Waals surface area contributed by atoms with Crippen molar-refractivity contribution >= 4 is 21.4 Å². The van der Waals surface area contributed by atoms with Gasteiger partial charge in [-0.1, -0.05) is 0 Å². The Morgan fingerprint density at radius 3 is 2.47 bits per heavy atom. The molecule has 0 aromatic heterocycles. The van der Waals surface area contributed by atoms with Crippen LogP contribution in [0.5, 0.6) is 0 Å². The van der Waals surface area contributed by atoms with Crippen LogP contribution in [0.2, 0.25) is 0 Å². The third-order valence-corrected chi connectivity index (χ3v) is 3.72. The number of benzene rings is 1. The smallest absolute Gasteiger partial charge is 0.229 e. The number of nitrogens with zero attached hydrogens (tertiary/aromatic N) is 1. The first kappa shape index (κ1) is 14.1. The molecule has 0 bridgehead atoms. The first-order chi connectivity index (χ1) is 8.85. The minimum atomic E-state index is -3.22. The van der Waals surface area contributed by atoms with Gasteiger partial charge in [0.05, 0.1) is 19.0 Å². The minimum absolute atomic E-state index is 0.213. The van der Waals surface area contributed by atoms with Gasteiger partial charge in [0.2, 0.25) is 10.0 Å². The molecule has 1 aliphatic heterocycles. The topological polar surface area (TPSA) is 58.6 Å². The average Bonchev–Trinajstić information content (AvgIpc) is 2.31. The van der Waals surface area contributed by atoms with Crippen molar-refractivity contribution in [1.29, 1.82) is 0 Å². The Hall–Kier alpha value is -1.27. The van der Waals surface area contributed by atoms with E-state index in [0.717, 1.165) is 18.5 Å². The molecule has 19 heavy (non-hydrogen) atoms. The van der Waals surface area contributed by atoms with E-state index < -0.39 is 10.0 Å². The largest absolute Gasteiger partial charge is 0.375 e. The first-order valence-corrected chi connectivity index (χ1v) is 8.20. The summed E-state index contributed by atoms with van der Waals surface area (Å²) in [5.74, 6) is 0. The maximum Gasteiger partial charge on any atom is 0.229 e. The monoisotopic (exact) mass is 284 g/mol. The van der Waals surface area contributed by atoms with Gasteiger partial charge in [0.15, 0.2) is 0 Å². The van der Waals surface area contributed by atoms with Crippen LogP contribution in [0.4, 0.5) is 11.4 Å². The summed E-state index contributed by atoms with van der Waals surface area (Å²) in [7, 11) is -3.22. The maximum atomic E-state index is 11.1. The van der Waals surface area contributed by atoms with E-state index in [2.05, 4.69) is 23.5 Å². The maximum absolute atomic E-state index is 11.1. The Labute approximate surface area is 114 Å². The summed E-state index contributed by atoms with van der Waals surface area (Å²) in [4.78, 5) is 2.28. The van der Waals surface area contributed by atoms with Crippen LogP contribution >= 0.6 is 0 Å². The van der Waals surface area contributed by atoms with Gasteiger partial charge in [-0.15, -0.1) is 0 Å². The Morgan fingerprint density at radius 2 is 1.89 bits per heavy atom. The van der Waals surface area contributed by atoms with E-state index in [1.165, 1.54) is 0 Å². The van der Waals surface area contributed by atoms with Gasteiger partial charge in [-0.25, -0.2) is 8.42 Å². The molecule has 0 amide bonds. The van der Waals surface area contributed by atoms with E-state index in [1.807, 2.05) is 12.1 Å². The highest BCUT2D eigenvalue weighted by atomic mass is 32.2. The Balaban J connectivity index is 2.13.